The van der Waals surface area contributed by atoms with Gasteiger partial charge in [-0.1, -0.05) is 0 Å². The Morgan fingerprint density at radius 3 is 1.45 bits per heavy atom. The van der Waals surface area contributed by atoms with Crippen molar-refractivity contribution in [3.8, 4) is 11.5 Å². The van der Waals surface area contributed by atoms with Gasteiger partial charge in [0.1, 0.15) is 11.5 Å². The van der Waals surface area contributed by atoms with Crippen LogP contribution in [0.25, 0.3) is 33.1 Å². The van der Waals surface area contributed by atoms with E-state index in [1.54, 1.807) is 70.2 Å². The van der Waals surface area contributed by atoms with E-state index in [9.17, 15) is 19.8 Å². The molecule has 2 saturated carbocycles. The summed E-state index contributed by atoms with van der Waals surface area (Å²) in [5.74, 6) is 1.23. The van der Waals surface area contributed by atoms with Crippen molar-refractivity contribution in [2.75, 3.05) is 24.9 Å². The molecular formula is C44H48N12O6. The Bertz CT molecular complexity index is 2730. The first-order valence-corrected chi connectivity index (χ1v) is 20.7. The van der Waals surface area contributed by atoms with Crippen LogP contribution in [-0.4, -0.2) is 96.2 Å². The third-order valence-corrected chi connectivity index (χ3v) is 12.0. The quantitative estimate of drug-likeness (QED) is 0.131. The van der Waals surface area contributed by atoms with Crippen molar-refractivity contribution < 1.29 is 29.3 Å². The number of anilines is 2. The number of hydrogen-bond donors (Lipinski definition) is 4. The van der Waals surface area contributed by atoms with Gasteiger partial charge in [-0.3, -0.25) is 19.0 Å². The molecule has 62 heavy (non-hydrogen) atoms. The molecule has 0 aliphatic heterocycles. The number of rotatable bonds is 8. The molecular weight excluding hydrogens is 793 g/mol. The summed E-state index contributed by atoms with van der Waals surface area (Å²) in [5.41, 5.74) is 2.46. The number of aliphatic hydroxyl groups is 2. The minimum Gasteiger partial charge on any atom is -0.496 e. The number of carbonyl (C=O) groups is 2. The van der Waals surface area contributed by atoms with Crippen molar-refractivity contribution in [1.29, 1.82) is 0 Å². The van der Waals surface area contributed by atoms with Crippen LogP contribution in [0, 0.1) is 0 Å². The molecule has 2 aliphatic carbocycles. The number of nitrogens with one attached hydrogen (secondary N) is 2. The van der Waals surface area contributed by atoms with Crippen LogP contribution < -0.4 is 20.1 Å². The van der Waals surface area contributed by atoms with Crippen molar-refractivity contribution in [1.82, 2.24) is 48.8 Å². The van der Waals surface area contributed by atoms with E-state index in [-0.39, 0.29) is 23.9 Å². The second-order valence-electron chi connectivity index (χ2n) is 16.7. The molecule has 4 N–H and O–H groups in total. The summed E-state index contributed by atoms with van der Waals surface area (Å²) in [7, 11) is 3.07. The highest BCUT2D eigenvalue weighted by Crippen LogP contribution is 2.37. The van der Waals surface area contributed by atoms with Crippen molar-refractivity contribution in [2.24, 2.45) is 0 Å². The van der Waals surface area contributed by atoms with Gasteiger partial charge in [0.2, 0.25) is 0 Å². The van der Waals surface area contributed by atoms with Crippen LogP contribution in [-0.2, 0) is 0 Å². The molecule has 8 aromatic rings. The van der Waals surface area contributed by atoms with Gasteiger partial charge in [-0.25, -0.2) is 9.97 Å². The number of hydrogen-bond acceptors (Lipinski definition) is 12. The summed E-state index contributed by atoms with van der Waals surface area (Å²) < 4.78 is 18.0. The van der Waals surface area contributed by atoms with Crippen LogP contribution in [0.5, 0.6) is 11.5 Å². The molecule has 320 valence electrons. The lowest BCUT2D eigenvalue weighted by atomic mass is 9.84. The fraction of sp³-hybridized carbons (Fsp3) is 0.364. The van der Waals surface area contributed by atoms with E-state index in [4.69, 9.17) is 19.7 Å². The highest BCUT2D eigenvalue weighted by Gasteiger charge is 2.31. The number of nitrogens with zero attached hydrogens (tertiary/aromatic N) is 10. The fourth-order valence-electron chi connectivity index (χ4n) is 8.38. The monoisotopic (exact) mass is 840 g/mol. The zero-order chi connectivity index (χ0) is 43.2. The third-order valence-electron chi connectivity index (χ3n) is 12.0. The molecule has 6 aromatic heterocycles. The van der Waals surface area contributed by atoms with Gasteiger partial charge >= 0.3 is 0 Å². The molecule has 2 amide bonds. The van der Waals surface area contributed by atoms with E-state index in [0.29, 0.717) is 45.6 Å². The molecule has 6 heterocycles. The SMILES string of the molecule is COc1cc2nn(C3CCC(C)(O)CC3)cc2cc1C(=O)Nc1cnc2cccnn12.COc1cc2nn(C3CCC(C)(O)CC3)cc2cc1C(=O)Nc1cnc2cccnn12. The summed E-state index contributed by atoms with van der Waals surface area (Å²) in [6.07, 6.45) is 16.8. The first kappa shape index (κ1) is 40.5. The third kappa shape index (κ3) is 8.13. The van der Waals surface area contributed by atoms with Crippen LogP contribution in [0.4, 0.5) is 11.6 Å². The minimum absolute atomic E-state index is 0.236. The predicted octanol–water partition coefficient (Wildman–Crippen LogP) is 6.41. The Morgan fingerprint density at radius 1 is 0.661 bits per heavy atom. The molecule has 0 radical (unpaired) electrons. The zero-order valence-electron chi connectivity index (χ0n) is 34.9. The van der Waals surface area contributed by atoms with E-state index in [0.717, 1.165) is 73.2 Å². The maximum absolute atomic E-state index is 13.0. The molecule has 18 heteroatoms. The lowest BCUT2D eigenvalue weighted by Crippen LogP contribution is -2.31. The lowest BCUT2D eigenvalue weighted by Gasteiger charge is -2.33. The molecule has 0 spiro atoms. The number of methoxy groups -OCH3 is 2. The van der Waals surface area contributed by atoms with E-state index < -0.39 is 11.2 Å². The Morgan fingerprint density at radius 2 is 1.06 bits per heavy atom. The molecule has 0 unspecified atom stereocenters. The molecule has 0 saturated heterocycles. The van der Waals surface area contributed by atoms with E-state index in [1.165, 1.54) is 14.2 Å². The van der Waals surface area contributed by atoms with Crippen molar-refractivity contribution >= 4 is 56.6 Å². The van der Waals surface area contributed by atoms with Crippen molar-refractivity contribution in [3.63, 3.8) is 0 Å². The first-order valence-electron chi connectivity index (χ1n) is 20.7. The van der Waals surface area contributed by atoms with Gasteiger partial charge in [0.05, 0.1) is 72.1 Å². The summed E-state index contributed by atoms with van der Waals surface area (Å²) in [4.78, 5) is 34.6. The van der Waals surface area contributed by atoms with E-state index >= 15 is 0 Å². The topological polar surface area (TPSA) is 213 Å². The van der Waals surface area contributed by atoms with Crippen molar-refractivity contribution in [3.05, 3.63) is 96.8 Å². The molecule has 2 aliphatic rings. The fourth-order valence-corrected chi connectivity index (χ4v) is 8.38. The Labute approximate surface area is 355 Å². The number of imidazole rings is 2. The van der Waals surface area contributed by atoms with E-state index in [1.807, 2.05) is 47.7 Å². The predicted molar refractivity (Wildman–Crippen MR) is 231 cm³/mol. The first-order chi connectivity index (χ1) is 29.9. The number of amides is 2. The molecule has 2 fully saturated rings. The van der Waals surface area contributed by atoms with Crippen LogP contribution >= 0.6 is 0 Å². The minimum atomic E-state index is -0.593. The molecule has 0 atom stereocenters. The second kappa shape index (κ2) is 16.2. The molecule has 10 rings (SSSR count). The van der Waals surface area contributed by atoms with Gasteiger partial charge in [0, 0.05) is 47.7 Å². The average Bonchev–Trinajstić information content (AvgIpc) is 4.08. The van der Waals surface area contributed by atoms with Gasteiger partial charge in [-0.05, 0) is 102 Å². The number of carbonyl (C=O) groups excluding carboxylic acids is 2. The smallest absolute Gasteiger partial charge is 0.260 e. The number of fused-ring (bicyclic) bond motifs is 4. The normalized spacial score (nSPS) is 21.5. The van der Waals surface area contributed by atoms with Crippen LogP contribution in [0.2, 0.25) is 0 Å². The maximum Gasteiger partial charge on any atom is 0.260 e. The Hall–Kier alpha value is -6.92. The molecule has 18 nitrogen and oxygen atoms in total. The number of benzene rings is 2. The summed E-state index contributed by atoms with van der Waals surface area (Å²) in [6, 6.07) is 14.8. The highest BCUT2D eigenvalue weighted by molar-refractivity contribution is 6.09. The highest BCUT2D eigenvalue weighted by atomic mass is 16.5. The molecule has 2 aromatic carbocycles. The van der Waals surface area contributed by atoms with Crippen molar-refractivity contribution in [2.45, 2.75) is 88.5 Å². The van der Waals surface area contributed by atoms with Gasteiger partial charge in [0.15, 0.2) is 22.9 Å². The summed E-state index contributed by atoms with van der Waals surface area (Å²) in [5, 5.41) is 45.7. The van der Waals surface area contributed by atoms with Crippen LogP contribution in [0.1, 0.15) is 98.0 Å². The number of aromatic nitrogens is 10. The summed E-state index contributed by atoms with van der Waals surface area (Å²) >= 11 is 0. The Kier molecular flexibility index (Phi) is 10.6. The standard InChI is InChI=1S/2C22H24N6O3/c2*1-22(30)7-5-15(6-8-22)27-13-14-10-16(18(31-2)11-17(14)26-27)21(29)25-20-12-23-19-4-3-9-24-28(19)20/h2*3-4,9-13,15,30H,5-8H2,1-2H3,(H,25,29). The maximum atomic E-state index is 13.0. The van der Waals surface area contributed by atoms with Gasteiger partial charge in [0.25, 0.3) is 11.8 Å². The largest absolute Gasteiger partial charge is 0.496 e. The molecule has 0 bridgehead atoms. The Balaban J connectivity index is 0.000000158. The second-order valence-corrected chi connectivity index (χ2v) is 16.7. The zero-order valence-corrected chi connectivity index (χ0v) is 34.9. The van der Waals surface area contributed by atoms with E-state index in [2.05, 4.69) is 30.8 Å². The average molecular weight is 841 g/mol. The van der Waals surface area contributed by atoms with Gasteiger partial charge < -0.3 is 30.3 Å². The lowest BCUT2D eigenvalue weighted by molar-refractivity contribution is 0.00818. The van der Waals surface area contributed by atoms with Gasteiger partial charge in [-0.2, -0.15) is 29.4 Å². The van der Waals surface area contributed by atoms with Gasteiger partial charge in [-0.15, -0.1) is 0 Å². The number of ether oxygens (including phenoxy) is 2. The van der Waals surface area contributed by atoms with Crippen LogP contribution in [0.15, 0.2) is 85.7 Å². The summed E-state index contributed by atoms with van der Waals surface area (Å²) in [6.45, 7) is 3.77. The van der Waals surface area contributed by atoms with Crippen LogP contribution in [0.3, 0.4) is 0 Å².